The van der Waals surface area contributed by atoms with Gasteiger partial charge < -0.3 is 10.0 Å². The zero-order chi connectivity index (χ0) is 16.0. The molecule has 0 fully saturated rings. The first-order valence-corrected chi connectivity index (χ1v) is 8.51. The monoisotopic (exact) mass is 376 g/mol. The molecule has 120 valence electrons. The minimum absolute atomic E-state index is 0.182. The van der Waals surface area contributed by atoms with Gasteiger partial charge in [-0.05, 0) is 36.1 Å². The topological polar surface area (TPSA) is 71.2 Å². The molecule has 2 aromatic rings. The lowest BCUT2D eigenvalue weighted by molar-refractivity contribution is -0.154. The fraction of sp³-hybridized carbons (Fsp3) is 0.438. The molecular formula is C16H17BrN4O2. The number of hydrogen-bond acceptors (Lipinski definition) is 4. The van der Waals surface area contributed by atoms with Gasteiger partial charge in [-0.1, -0.05) is 27.2 Å². The number of amides is 1. The van der Waals surface area contributed by atoms with Crippen molar-refractivity contribution in [3.05, 3.63) is 45.7 Å². The summed E-state index contributed by atoms with van der Waals surface area (Å²) < 4.78 is 2.84. The van der Waals surface area contributed by atoms with E-state index in [1.807, 2.05) is 16.8 Å². The fourth-order valence-corrected chi connectivity index (χ4v) is 3.88. The van der Waals surface area contributed by atoms with Gasteiger partial charge in [0.2, 0.25) is 0 Å². The number of benzene rings is 1. The molecule has 0 radical (unpaired) electrons. The van der Waals surface area contributed by atoms with Gasteiger partial charge in [0.25, 0.3) is 5.91 Å². The van der Waals surface area contributed by atoms with E-state index in [1.54, 1.807) is 11.1 Å². The molecule has 1 aliphatic heterocycles. The normalized spacial score (nSPS) is 23.3. The van der Waals surface area contributed by atoms with Gasteiger partial charge in [0, 0.05) is 17.4 Å². The Labute approximate surface area is 142 Å². The van der Waals surface area contributed by atoms with Crippen LogP contribution in [-0.4, -0.2) is 43.1 Å². The number of hydrogen-bond donors (Lipinski definition) is 1. The largest absolute Gasteiger partial charge is 0.380 e. The second-order valence-corrected chi connectivity index (χ2v) is 7.21. The van der Waals surface area contributed by atoms with Crippen LogP contribution in [0.15, 0.2) is 28.9 Å². The Kier molecular flexibility index (Phi) is 3.50. The van der Waals surface area contributed by atoms with Crippen molar-refractivity contribution in [2.45, 2.75) is 38.0 Å². The molecule has 1 unspecified atom stereocenters. The number of aryl methyl sites for hydroxylation is 1. The van der Waals surface area contributed by atoms with E-state index in [-0.39, 0.29) is 5.91 Å². The summed E-state index contributed by atoms with van der Waals surface area (Å²) in [6.45, 7) is 1.65. The summed E-state index contributed by atoms with van der Waals surface area (Å²) in [5, 5.41) is 18.8. The van der Waals surface area contributed by atoms with Crippen LogP contribution in [0.3, 0.4) is 0 Å². The molecule has 1 amide bonds. The number of aromatic nitrogens is 3. The van der Waals surface area contributed by atoms with Gasteiger partial charge in [-0.3, -0.25) is 4.79 Å². The third kappa shape index (κ3) is 2.57. The summed E-state index contributed by atoms with van der Waals surface area (Å²) in [6, 6.07) is 6.02. The van der Waals surface area contributed by atoms with E-state index in [4.69, 9.17) is 0 Å². The minimum atomic E-state index is -1.31. The molecule has 0 bridgehead atoms. The molecule has 1 aliphatic carbocycles. The van der Waals surface area contributed by atoms with Crippen molar-refractivity contribution in [3.63, 3.8) is 0 Å². The van der Waals surface area contributed by atoms with Gasteiger partial charge in [-0.2, -0.15) is 0 Å². The van der Waals surface area contributed by atoms with Crippen molar-refractivity contribution in [2.24, 2.45) is 0 Å². The quantitative estimate of drug-likeness (QED) is 0.814. The van der Waals surface area contributed by atoms with Gasteiger partial charge in [0.15, 0.2) is 0 Å². The number of nitrogens with zero attached hydrogens (tertiary/aromatic N) is 4. The lowest BCUT2D eigenvalue weighted by atomic mass is 9.79. The van der Waals surface area contributed by atoms with Gasteiger partial charge in [0.1, 0.15) is 5.60 Å². The summed E-state index contributed by atoms with van der Waals surface area (Å²) in [5.74, 6) is -0.182. The van der Waals surface area contributed by atoms with Crippen molar-refractivity contribution < 1.29 is 9.90 Å². The van der Waals surface area contributed by atoms with Crippen LogP contribution >= 0.6 is 15.9 Å². The molecule has 4 rings (SSSR count). The second-order valence-electron chi connectivity index (χ2n) is 6.30. The van der Waals surface area contributed by atoms with E-state index in [0.717, 1.165) is 15.7 Å². The summed E-state index contributed by atoms with van der Waals surface area (Å²) in [5.41, 5.74) is 1.86. The zero-order valence-electron chi connectivity index (χ0n) is 12.6. The molecule has 1 atom stereocenters. The van der Waals surface area contributed by atoms with Crippen LogP contribution in [0.5, 0.6) is 0 Å². The molecule has 1 aromatic heterocycles. The van der Waals surface area contributed by atoms with Crippen molar-refractivity contribution in [3.8, 4) is 0 Å². The van der Waals surface area contributed by atoms with E-state index in [1.165, 1.54) is 5.56 Å². The molecule has 2 heterocycles. The predicted octanol–water partition coefficient (Wildman–Crippen LogP) is 1.30. The molecule has 6 nitrogen and oxygen atoms in total. The summed E-state index contributed by atoms with van der Waals surface area (Å²) in [7, 11) is 0. The third-order valence-electron chi connectivity index (χ3n) is 4.78. The number of rotatable bonds is 1. The summed E-state index contributed by atoms with van der Waals surface area (Å²) >= 11 is 3.47. The third-order valence-corrected chi connectivity index (χ3v) is 5.27. The van der Waals surface area contributed by atoms with Gasteiger partial charge in [0.05, 0.1) is 25.0 Å². The maximum absolute atomic E-state index is 12.9. The molecule has 0 saturated carbocycles. The smallest absolute Gasteiger partial charge is 0.255 e. The highest BCUT2D eigenvalue weighted by atomic mass is 79.9. The number of carbonyl (C=O) groups is 1. The highest BCUT2D eigenvalue weighted by molar-refractivity contribution is 9.10. The van der Waals surface area contributed by atoms with Crippen LogP contribution in [0.1, 0.15) is 23.2 Å². The maximum Gasteiger partial charge on any atom is 0.255 e. The van der Waals surface area contributed by atoms with E-state index in [9.17, 15) is 9.90 Å². The van der Waals surface area contributed by atoms with Crippen LogP contribution in [-0.2, 0) is 30.7 Å². The predicted molar refractivity (Wildman–Crippen MR) is 86.6 cm³/mol. The Balaban J connectivity index is 1.56. The fourth-order valence-electron chi connectivity index (χ4n) is 3.47. The first-order valence-electron chi connectivity index (χ1n) is 7.72. The lowest BCUT2D eigenvalue weighted by Gasteiger charge is -2.38. The molecule has 2 aliphatic rings. The van der Waals surface area contributed by atoms with E-state index in [0.29, 0.717) is 38.9 Å². The van der Waals surface area contributed by atoms with Crippen molar-refractivity contribution >= 4 is 21.8 Å². The first-order chi connectivity index (χ1) is 11.0. The Morgan fingerprint density at radius 3 is 3.04 bits per heavy atom. The summed E-state index contributed by atoms with van der Waals surface area (Å²) in [6.07, 6.45) is 3.23. The van der Waals surface area contributed by atoms with E-state index >= 15 is 0 Å². The Bertz CT molecular complexity index is 775. The number of aliphatic hydroxyl groups is 1. The Morgan fingerprint density at radius 2 is 2.17 bits per heavy atom. The second kappa shape index (κ2) is 5.42. The Morgan fingerprint density at radius 1 is 1.30 bits per heavy atom. The summed E-state index contributed by atoms with van der Waals surface area (Å²) in [4.78, 5) is 14.6. The SMILES string of the molecule is O=C(N1CCn2nncc2C1)C1(O)CCc2cc(Br)ccc2C1. The highest BCUT2D eigenvalue weighted by Gasteiger charge is 2.42. The maximum atomic E-state index is 12.9. The minimum Gasteiger partial charge on any atom is -0.380 e. The van der Waals surface area contributed by atoms with Crippen molar-refractivity contribution in [2.75, 3.05) is 6.54 Å². The number of fused-ring (bicyclic) bond motifs is 2. The molecular weight excluding hydrogens is 360 g/mol. The van der Waals surface area contributed by atoms with Crippen LogP contribution in [0.25, 0.3) is 0 Å². The highest BCUT2D eigenvalue weighted by Crippen LogP contribution is 2.32. The Hall–Kier alpha value is -1.73. The average Bonchev–Trinajstić information content (AvgIpc) is 3.02. The van der Waals surface area contributed by atoms with Crippen LogP contribution in [0.2, 0.25) is 0 Å². The van der Waals surface area contributed by atoms with Gasteiger partial charge in [-0.25, -0.2) is 4.68 Å². The van der Waals surface area contributed by atoms with Crippen molar-refractivity contribution in [1.82, 2.24) is 19.9 Å². The van der Waals surface area contributed by atoms with Crippen molar-refractivity contribution in [1.29, 1.82) is 0 Å². The lowest BCUT2D eigenvalue weighted by Crippen LogP contribution is -2.53. The van der Waals surface area contributed by atoms with Crippen LogP contribution < -0.4 is 0 Å². The van der Waals surface area contributed by atoms with E-state index < -0.39 is 5.60 Å². The number of halogens is 1. The molecule has 7 heteroatoms. The molecule has 1 N–H and O–H groups in total. The van der Waals surface area contributed by atoms with Crippen LogP contribution in [0.4, 0.5) is 0 Å². The first kappa shape index (κ1) is 14.8. The van der Waals surface area contributed by atoms with Gasteiger partial charge in [-0.15, -0.1) is 5.10 Å². The molecule has 23 heavy (non-hydrogen) atoms. The standard InChI is InChI=1S/C16H17BrN4O2/c17-13-2-1-12-8-16(23,4-3-11(12)7-13)15(22)20-5-6-21-14(10-20)9-18-19-21/h1-2,7,9,23H,3-6,8,10H2. The molecule has 0 spiro atoms. The molecule has 1 aromatic carbocycles. The zero-order valence-corrected chi connectivity index (χ0v) is 14.2. The van der Waals surface area contributed by atoms with E-state index in [2.05, 4.69) is 32.3 Å². The average molecular weight is 377 g/mol. The van der Waals surface area contributed by atoms with Gasteiger partial charge >= 0.3 is 0 Å². The molecule has 0 saturated heterocycles. The number of carbonyl (C=O) groups excluding carboxylic acids is 1. The van der Waals surface area contributed by atoms with Crippen LogP contribution in [0, 0.1) is 0 Å².